The van der Waals surface area contributed by atoms with Gasteiger partial charge in [-0.05, 0) is 12.5 Å². The zero-order chi connectivity index (χ0) is 11.1. The summed E-state index contributed by atoms with van der Waals surface area (Å²) >= 11 is 0. The Hall–Kier alpha value is -1.65. The van der Waals surface area contributed by atoms with Gasteiger partial charge in [-0.3, -0.25) is 14.4 Å². The van der Waals surface area contributed by atoms with E-state index in [2.05, 4.69) is 9.47 Å². The lowest BCUT2D eigenvalue weighted by molar-refractivity contribution is -0.156. The molecule has 0 saturated carbocycles. The summed E-state index contributed by atoms with van der Waals surface area (Å²) in [4.78, 5) is 32.5. The lowest BCUT2D eigenvalue weighted by atomic mass is 10.1. The summed E-state index contributed by atoms with van der Waals surface area (Å²) < 4.78 is 8.76. The highest BCUT2D eigenvalue weighted by Crippen LogP contribution is 2.07. The molecule has 0 aromatic carbocycles. The number of rotatable bonds is 4. The molecule has 14 heavy (non-hydrogen) atoms. The van der Waals surface area contributed by atoms with Crippen molar-refractivity contribution in [2.75, 3.05) is 14.2 Å². The van der Waals surface area contributed by atoms with Crippen molar-refractivity contribution in [1.29, 1.82) is 0 Å². The van der Waals surface area contributed by atoms with Crippen LogP contribution in [0.4, 0.5) is 0 Å². The standard InChI is InChI=1S/C9H12O5/c1-6(5-10)4-7(8(11)13-2)9(12)14-3/h4-5,7H,1-3H3/b6-4+. The molecular weight excluding hydrogens is 188 g/mol. The summed E-state index contributed by atoms with van der Waals surface area (Å²) in [6, 6.07) is 0. The average molecular weight is 200 g/mol. The predicted octanol–water partition coefficient (Wildman–Crippen LogP) is 0.0938. The molecule has 0 rings (SSSR count). The zero-order valence-corrected chi connectivity index (χ0v) is 8.27. The van der Waals surface area contributed by atoms with E-state index < -0.39 is 17.9 Å². The third-order valence-electron chi connectivity index (χ3n) is 1.53. The lowest BCUT2D eigenvalue weighted by Crippen LogP contribution is -2.25. The minimum atomic E-state index is -1.17. The first kappa shape index (κ1) is 12.3. The van der Waals surface area contributed by atoms with Gasteiger partial charge in [-0.2, -0.15) is 0 Å². The highest BCUT2D eigenvalue weighted by atomic mass is 16.5. The summed E-state index contributed by atoms with van der Waals surface area (Å²) in [5.41, 5.74) is 0.269. The van der Waals surface area contributed by atoms with Gasteiger partial charge in [0.1, 0.15) is 6.29 Å². The molecule has 5 nitrogen and oxygen atoms in total. The molecular formula is C9H12O5. The van der Waals surface area contributed by atoms with Crippen LogP contribution in [0.3, 0.4) is 0 Å². The molecule has 0 aliphatic carbocycles. The van der Waals surface area contributed by atoms with Gasteiger partial charge in [0.05, 0.1) is 14.2 Å². The minimum absolute atomic E-state index is 0.269. The third-order valence-corrected chi connectivity index (χ3v) is 1.53. The number of esters is 2. The van der Waals surface area contributed by atoms with Gasteiger partial charge in [-0.15, -0.1) is 0 Å². The number of methoxy groups -OCH3 is 2. The summed E-state index contributed by atoms with van der Waals surface area (Å²) in [6.45, 7) is 1.48. The van der Waals surface area contributed by atoms with Crippen LogP contribution in [0.5, 0.6) is 0 Å². The molecule has 0 amide bonds. The number of aldehydes is 1. The largest absolute Gasteiger partial charge is 0.468 e. The Balaban J connectivity index is 4.82. The molecule has 0 spiro atoms. The molecule has 0 aromatic rings. The van der Waals surface area contributed by atoms with Crippen LogP contribution in [0.15, 0.2) is 11.6 Å². The second kappa shape index (κ2) is 5.90. The van der Waals surface area contributed by atoms with Crippen molar-refractivity contribution in [2.24, 2.45) is 5.92 Å². The first-order chi connectivity index (χ1) is 6.56. The quantitative estimate of drug-likeness (QED) is 0.278. The second-order valence-corrected chi connectivity index (χ2v) is 2.55. The second-order valence-electron chi connectivity index (χ2n) is 2.55. The molecule has 78 valence electrons. The number of carbonyl (C=O) groups is 3. The van der Waals surface area contributed by atoms with Crippen molar-refractivity contribution in [1.82, 2.24) is 0 Å². The van der Waals surface area contributed by atoms with E-state index >= 15 is 0 Å². The molecule has 5 heteroatoms. The predicted molar refractivity (Wildman–Crippen MR) is 47.3 cm³/mol. The van der Waals surface area contributed by atoms with Gasteiger partial charge in [-0.25, -0.2) is 0 Å². The molecule has 0 aromatic heterocycles. The van der Waals surface area contributed by atoms with Gasteiger partial charge in [-0.1, -0.05) is 6.08 Å². The molecule has 0 N–H and O–H groups in total. The van der Waals surface area contributed by atoms with Crippen LogP contribution in [-0.2, 0) is 23.9 Å². The van der Waals surface area contributed by atoms with Crippen molar-refractivity contribution >= 4 is 18.2 Å². The highest BCUT2D eigenvalue weighted by molar-refractivity contribution is 5.97. The molecule has 0 aliphatic rings. The molecule has 0 unspecified atom stereocenters. The number of allylic oxidation sites excluding steroid dienone is 1. The third kappa shape index (κ3) is 3.38. The maximum atomic E-state index is 11.1. The van der Waals surface area contributed by atoms with Crippen molar-refractivity contribution in [3.8, 4) is 0 Å². The van der Waals surface area contributed by atoms with Gasteiger partial charge in [0.25, 0.3) is 0 Å². The Kier molecular flexibility index (Phi) is 5.21. The minimum Gasteiger partial charge on any atom is -0.468 e. The molecule has 0 fully saturated rings. The number of hydrogen-bond donors (Lipinski definition) is 0. The Labute approximate surface area is 81.7 Å². The Morgan fingerprint density at radius 1 is 1.14 bits per heavy atom. The van der Waals surface area contributed by atoms with Crippen LogP contribution in [0, 0.1) is 5.92 Å². The van der Waals surface area contributed by atoms with Gasteiger partial charge in [0, 0.05) is 0 Å². The molecule has 0 heterocycles. The van der Waals surface area contributed by atoms with Crippen molar-refractivity contribution in [3.63, 3.8) is 0 Å². The molecule has 0 saturated heterocycles. The van der Waals surface area contributed by atoms with E-state index in [-0.39, 0.29) is 5.57 Å². The normalized spacial score (nSPS) is 11.0. The average Bonchev–Trinajstić information content (AvgIpc) is 2.23. The Morgan fingerprint density at radius 3 is 1.86 bits per heavy atom. The smallest absolute Gasteiger partial charge is 0.324 e. The number of ether oxygens (including phenoxy) is 2. The van der Waals surface area contributed by atoms with E-state index in [1.54, 1.807) is 0 Å². The van der Waals surface area contributed by atoms with Gasteiger partial charge in [0.15, 0.2) is 5.92 Å². The summed E-state index contributed by atoms with van der Waals surface area (Å²) in [5, 5.41) is 0. The van der Waals surface area contributed by atoms with Crippen LogP contribution in [-0.4, -0.2) is 32.4 Å². The van der Waals surface area contributed by atoms with E-state index in [4.69, 9.17) is 0 Å². The van der Waals surface area contributed by atoms with Crippen molar-refractivity contribution in [2.45, 2.75) is 6.92 Å². The lowest BCUT2D eigenvalue weighted by Gasteiger charge is -2.07. The van der Waals surface area contributed by atoms with E-state index in [1.165, 1.54) is 13.0 Å². The topological polar surface area (TPSA) is 69.7 Å². The summed E-state index contributed by atoms with van der Waals surface area (Å²) in [5.74, 6) is -2.67. The van der Waals surface area contributed by atoms with Crippen LogP contribution >= 0.6 is 0 Å². The summed E-state index contributed by atoms with van der Waals surface area (Å²) in [6.07, 6.45) is 1.74. The first-order valence-electron chi connectivity index (χ1n) is 3.86. The fourth-order valence-corrected chi connectivity index (χ4v) is 0.788. The van der Waals surface area contributed by atoms with E-state index in [1.807, 2.05) is 0 Å². The van der Waals surface area contributed by atoms with Crippen LogP contribution in [0.25, 0.3) is 0 Å². The Morgan fingerprint density at radius 2 is 1.57 bits per heavy atom. The van der Waals surface area contributed by atoms with E-state index in [0.29, 0.717) is 6.29 Å². The zero-order valence-electron chi connectivity index (χ0n) is 8.27. The number of hydrogen-bond acceptors (Lipinski definition) is 5. The maximum Gasteiger partial charge on any atom is 0.324 e. The first-order valence-corrected chi connectivity index (χ1v) is 3.86. The molecule has 0 aliphatic heterocycles. The van der Waals surface area contributed by atoms with Crippen LogP contribution < -0.4 is 0 Å². The SMILES string of the molecule is COC(=O)C(/C=C(\C)C=O)C(=O)OC. The van der Waals surface area contributed by atoms with Gasteiger partial charge >= 0.3 is 11.9 Å². The monoisotopic (exact) mass is 200 g/mol. The van der Waals surface area contributed by atoms with Crippen LogP contribution in [0.2, 0.25) is 0 Å². The van der Waals surface area contributed by atoms with Crippen molar-refractivity contribution in [3.05, 3.63) is 11.6 Å². The fourth-order valence-electron chi connectivity index (χ4n) is 0.788. The molecule has 0 atom stereocenters. The van der Waals surface area contributed by atoms with E-state index in [0.717, 1.165) is 14.2 Å². The Bertz CT molecular complexity index is 250. The molecule has 0 radical (unpaired) electrons. The van der Waals surface area contributed by atoms with E-state index in [9.17, 15) is 14.4 Å². The fraction of sp³-hybridized carbons (Fsp3) is 0.444. The van der Waals surface area contributed by atoms with Gasteiger partial charge < -0.3 is 9.47 Å². The number of carbonyl (C=O) groups excluding carboxylic acids is 3. The maximum absolute atomic E-state index is 11.1. The summed E-state index contributed by atoms with van der Waals surface area (Å²) in [7, 11) is 2.31. The van der Waals surface area contributed by atoms with Crippen molar-refractivity contribution < 1.29 is 23.9 Å². The van der Waals surface area contributed by atoms with Crippen LogP contribution in [0.1, 0.15) is 6.92 Å². The van der Waals surface area contributed by atoms with Gasteiger partial charge in [0.2, 0.25) is 0 Å². The highest BCUT2D eigenvalue weighted by Gasteiger charge is 2.26. The molecule has 0 bridgehead atoms.